The zero-order chi connectivity index (χ0) is 57.8. The van der Waals surface area contributed by atoms with Gasteiger partial charge in [-0.3, -0.25) is 0 Å². The summed E-state index contributed by atoms with van der Waals surface area (Å²) >= 11 is 0. The van der Waals surface area contributed by atoms with Gasteiger partial charge in [0.1, 0.15) is 0 Å². The third-order valence-electron chi connectivity index (χ3n) is 17.8. The first-order valence-corrected chi connectivity index (χ1v) is 29.9. The minimum absolute atomic E-state index is 0.603. The van der Waals surface area contributed by atoms with E-state index in [9.17, 15) is 0 Å². The van der Waals surface area contributed by atoms with Crippen molar-refractivity contribution in [2.75, 3.05) is 0 Å². The quantitative estimate of drug-likeness (QED) is 0.145. The molecular weight excluding hydrogens is 1070 g/mol. The number of benzene rings is 13. The van der Waals surface area contributed by atoms with Crippen LogP contribution in [0, 0.1) is 0 Å². The molecule has 18 rings (SSSR count). The fraction of sp³-hybridized carbons (Fsp3) is 0. The van der Waals surface area contributed by atoms with Gasteiger partial charge >= 0.3 is 0 Å². The summed E-state index contributed by atoms with van der Waals surface area (Å²) < 4.78 is 9.63. The molecule has 0 aliphatic rings. The molecule has 7 nitrogen and oxygen atoms in total. The number of hydrogen-bond donors (Lipinski definition) is 0. The molecule has 0 radical (unpaired) electrons. The van der Waals surface area contributed by atoms with Crippen molar-refractivity contribution in [3.05, 3.63) is 309 Å². The van der Waals surface area contributed by atoms with E-state index >= 15 is 0 Å². The maximum absolute atomic E-state index is 5.26. The van der Waals surface area contributed by atoms with Crippen LogP contribution >= 0.6 is 0 Å². The summed E-state index contributed by atoms with van der Waals surface area (Å²) in [4.78, 5) is 15.6. The van der Waals surface area contributed by atoms with Gasteiger partial charge in [0.2, 0.25) is 0 Å². The highest BCUT2D eigenvalue weighted by molar-refractivity contribution is 6.14. The molecule has 410 valence electrons. The van der Waals surface area contributed by atoms with E-state index in [1.165, 1.54) is 54.1 Å². The van der Waals surface area contributed by atoms with Crippen LogP contribution in [0.15, 0.2) is 309 Å². The van der Waals surface area contributed by atoms with Gasteiger partial charge in [-0.1, -0.05) is 218 Å². The largest absolute Gasteiger partial charge is 0.309 e. The second-order valence-corrected chi connectivity index (χ2v) is 22.7. The van der Waals surface area contributed by atoms with Crippen LogP contribution in [0.4, 0.5) is 0 Å². The molecule has 88 heavy (non-hydrogen) atoms. The van der Waals surface area contributed by atoms with E-state index in [4.69, 9.17) is 15.0 Å². The Morgan fingerprint density at radius 2 is 0.557 bits per heavy atom. The summed E-state index contributed by atoms with van der Waals surface area (Å²) in [5.74, 6) is 1.82. The Morgan fingerprint density at radius 3 is 1.10 bits per heavy atom. The second kappa shape index (κ2) is 19.8. The summed E-state index contributed by atoms with van der Waals surface area (Å²) in [5, 5.41) is 9.72. The van der Waals surface area contributed by atoms with Crippen molar-refractivity contribution in [3.63, 3.8) is 0 Å². The molecule has 7 heteroatoms. The number of aromatic nitrogens is 7. The Hall–Kier alpha value is -11.9. The number of rotatable bonds is 9. The Balaban J connectivity index is 0.777. The fourth-order valence-electron chi connectivity index (χ4n) is 13.8. The van der Waals surface area contributed by atoms with Gasteiger partial charge in [-0.05, 0) is 108 Å². The molecule has 13 aromatic carbocycles. The van der Waals surface area contributed by atoms with Crippen LogP contribution in [0.1, 0.15) is 0 Å². The molecule has 0 amide bonds. The van der Waals surface area contributed by atoms with Gasteiger partial charge < -0.3 is 18.3 Å². The lowest BCUT2D eigenvalue weighted by Crippen LogP contribution is -2.01. The normalized spacial score (nSPS) is 11.9. The van der Waals surface area contributed by atoms with E-state index in [2.05, 4.69) is 309 Å². The molecule has 5 heterocycles. The van der Waals surface area contributed by atoms with Crippen LogP contribution in [0.5, 0.6) is 0 Å². The maximum atomic E-state index is 5.26. The topological polar surface area (TPSA) is 58.4 Å². The van der Waals surface area contributed by atoms with Crippen molar-refractivity contribution < 1.29 is 0 Å². The molecule has 0 aliphatic carbocycles. The minimum Gasteiger partial charge on any atom is -0.309 e. The number of hydrogen-bond acceptors (Lipinski definition) is 3. The van der Waals surface area contributed by atoms with Crippen molar-refractivity contribution in [2.45, 2.75) is 0 Å². The predicted molar refractivity (Wildman–Crippen MR) is 364 cm³/mol. The highest BCUT2D eigenvalue weighted by Crippen LogP contribution is 2.43. The van der Waals surface area contributed by atoms with Gasteiger partial charge in [-0.25, -0.2) is 15.0 Å². The molecule has 0 saturated carbocycles. The van der Waals surface area contributed by atoms with E-state index in [-0.39, 0.29) is 0 Å². The van der Waals surface area contributed by atoms with Crippen molar-refractivity contribution in [2.24, 2.45) is 0 Å². The van der Waals surface area contributed by atoms with Crippen molar-refractivity contribution >= 4 is 87.2 Å². The first kappa shape index (κ1) is 49.5. The van der Waals surface area contributed by atoms with Gasteiger partial charge in [0.05, 0.1) is 49.8 Å². The van der Waals surface area contributed by atoms with Gasteiger partial charge in [0.25, 0.3) is 0 Å². The van der Waals surface area contributed by atoms with Crippen LogP contribution < -0.4 is 0 Å². The lowest BCUT2D eigenvalue weighted by atomic mass is 9.96. The predicted octanol–water partition coefficient (Wildman–Crippen LogP) is 20.6. The van der Waals surface area contributed by atoms with E-state index in [0.717, 1.165) is 94.8 Å². The zero-order valence-electron chi connectivity index (χ0n) is 47.6. The molecule has 0 atom stereocenters. The second-order valence-electron chi connectivity index (χ2n) is 22.7. The van der Waals surface area contributed by atoms with Crippen molar-refractivity contribution in [1.82, 2.24) is 33.2 Å². The highest BCUT2D eigenvalue weighted by Gasteiger charge is 2.22. The van der Waals surface area contributed by atoms with E-state index in [1.807, 2.05) is 18.2 Å². The number of nitrogens with zero attached hydrogens (tertiary/aromatic N) is 7. The summed E-state index contributed by atoms with van der Waals surface area (Å²) in [6.07, 6.45) is 0. The monoisotopic (exact) mass is 1120 g/mol. The molecule has 0 saturated heterocycles. The van der Waals surface area contributed by atoms with Crippen LogP contribution in [-0.2, 0) is 0 Å². The lowest BCUT2D eigenvalue weighted by Gasteiger charge is -2.17. The Labute approximate surface area is 506 Å². The fourth-order valence-corrected chi connectivity index (χ4v) is 13.8. The third-order valence-corrected chi connectivity index (χ3v) is 17.8. The molecule has 0 unspecified atom stereocenters. The Kier molecular flexibility index (Phi) is 11.2. The Bertz CT molecular complexity index is 5650. The number of fused-ring (bicyclic) bond motifs is 12. The first-order chi connectivity index (χ1) is 43.6. The molecule has 0 aliphatic heterocycles. The minimum atomic E-state index is 0.603. The SMILES string of the molecule is c1ccc(-c2nc(-c3ccc(-c4ccc(-c5ccc6c(c5)c5ccc(-n7c8ccccc8c8ccccc87)cc5n6-c5ccccc5)c(-n5c6ccccc6c6ccccc65)c4)cc3)nc(-c3cccc(-n4c5ccccc5c5ccccc54)c3)n2)cc1. The average molecular weight is 1120 g/mol. The van der Waals surface area contributed by atoms with Crippen molar-refractivity contribution in [1.29, 1.82) is 0 Å². The summed E-state index contributed by atoms with van der Waals surface area (Å²) in [6, 6.07) is 111. The van der Waals surface area contributed by atoms with E-state index < -0.39 is 0 Å². The van der Waals surface area contributed by atoms with Gasteiger partial charge in [-0.2, -0.15) is 0 Å². The molecule has 0 spiro atoms. The smallest absolute Gasteiger partial charge is 0.164 e. The van der Waals surface area contributed by atoms with Crippen LogP contribution in [0.2, 0.25) is 0 Å². The average Bonchev–Trinajstić information content (AvgIpc) is 1.77. The molecule has 5 aromatic heterocycles. The van der Waals surface area contributed by atoms with E-state index in [0.29, 0.717) is 17.5 Å². The summed E-state index contributed by atoms with van der Waals surface area (Å²) in [6.45, 7) is 0. The number of para-hydroxylation sites is 7. The lowest BCUT2D eigenvalue weighted by molar-refractivity contribution is 1.07. The summed E-state index contributed by atoms with van der Waals surface area (Å²) in [5.41, 5.74) is 20.8. The van der Waals surface area contributed by atoms with Crippen LogP contribution in [0.3, 0.4) is 0 Å². The van der Waals surface area contributed by atoms with Gasteiger partial charge in [0.15, 0.2) is 17.5 Å². The summed E-state index contributed by atoms with van der Waals surface area (Å²) in [7, 11) is 0. The Morgan fingerprint density at radius 1 is 0.182 bits per heavy atom. The van der Waals surface area contributed by atoms with E-state index in [1.54, 1.807) is 0 Å². The molecule has 0 fully saturated rings. The molecular formula is C81H51N7. The van der Waals surface area contributed by atoms with Crippen LogP contribution in [-0.4, -0.2) is 33.2 Å². The standard InChI is InChI=1S/C81H51N7/c1-3-20-53(21-4-1)79-82-80(84-81(83-79)57-22-19-25-59(48-57)86-70-32-13-7-26-62(70)63-27-8-14-33-71(63)86)54-40-38-52(39-41-54)55-42-45-61(77(50-55)88-74-36-17-11-30-66(74)67-31-12-18-37-75(67)88)56-43-47-76-69(49-56)68-46-44-60(51-78(68)85(76)58-23-5-2-6-24-58)87-72-34-15-9-28-64(72)65-29-10-16-35-73(65)87/h1-51H. The molecule has 0 N–H and O–H groups in total. The highest BCUT2D eigenvalue weighted by atomic mass is 15.0. The first-order valence-electron chi connectivity index (χ1n) is 29.9. The molecule has 18 aromatic rings. The van der Waals surface area contributed by atoms with Crippen molar-refractivity contribution in [3.8, 4) is 79.2 Å². The maximum Gasteiger partial charge on any atom is 0.164 e. The van der Waals surface area contributed by atoms with Crippen LogP contribution in [0.25, 0.3) is 166 Å². The zero-order valence-corrected chi connectivity index (χ0v) is 47.6. The molecule has 0 bridgehead atoms. The third kappa shape index (κ3) is 7.81. The van der Waals surface area contributed by atoms with Gasteiger partial charge in [0, 0.05) is 82.4 Å². The van der Waals surface area contributed by atoms with Gasteiger partial charge in [-0.15, -0.1) is 0 Å².